The van der Waals surface area contributed by atoms with E-state index in [0.717, 1.165) is 39.4 Å². The largest absolute Gasteiger partial charge is 0.324 e. The molecule has 1 aliphatic rings. The first-order valence-corrected chi connectivity index (χ1v) is 15.3. The molecular weight excluding hydrogens is 548 g/mol. The molecule has 8 aromatic rings. The predicted octanol–water partition coefficient (Wildman–Crippen LogP) is 9.59. The van der Waals surface area contributed by atoms with Crippen LogP contribution in [-0.2, 0) is 0 Å². The third-order valence-electron chi connectivity index (χ3n) is 8.79. The van der Waals surface area contributed by atoms with Crippen LogP contribution in [0.2, 0.25) is 0 Å². The van der Waals surface area contributed by atoms with Crippen molar-refractivity contribution in [3.05, 3.63) is 174 Å². The Kier molecular flexibility index (Phi) is 5.85. The van der Waals surface area contributed by atoms with Gasteiger partial charge in [-0.1, -0.05) is 127 Å². The first-order valence-electron chi connectivity index (χ1n) is 15.3. The highest BCUT2D eigenvalue weighted by Gasteiger charge is 2.21. The molecule has 0 radical (unpaired) electrons. The highest BCUT2D eigenvalue weighted by atomic mass is 15.2. The Morgan fingerprint density at radius 2 is 1.07 bits per heavy atom. The number of nitrogens with zero attached hydrogens (tertiary/aromatic N) is 3. The van der Waals surface area contributed by atoms with E-state index in [2.05, 4.69) is 131 Å². The molecule has 0 bridgehead atoms. The van der Waals surface area contributed by atoms with Gasteiger partial charge in [0.2, 0.25) is 0 Å². The van der Waals surface area contributed by atoms with E-state index in [1.165, 1.54) is 38.0 Å². The molecule has 7 aromatic carbocycles. The van der Waals surface area contributed by atoms with Crippen LogP contribution in [0.15, 0.2) is 168 Å². The zero-order chi connectivity index (χ0) is 29.7. The van der Waals surface area contributed by atoms with Crippen molar-refractivity contribution in [2.45, 2.75) is 6.17 Å². The van der Waals surface area contributed by atoms with Gasteiger partial charge in [-0.05, 0) is 52.1 Å². The number of hydrogen-bond acceptors (Lipinski definition) is 3. The molecule has 2 heterocycles. The minimum Gasteiger partial charge on any atom is -0.324 e. The molecular formula is C41H28N4. The molecule has 1 aliphatic heterocycles. The molecule has 9 rings (SSSR count). The molecule has 0 unspecified atom stereocenters. The van der Waals surface area contributed by atoms with Gasteiger partial charge in [0.05, 0.1) is 16.7 Å². The highest BCUT2D eigenvalue weighted by molar-refractivity contribution is 6.16. The minimum absolute atomic E-state index is 0.371. The number of aromatic nitrogens is 1. The predicted molar refractivity (Wildman–Crippen MR) is 188 cm³/mol. The molecule has 1 aromatic heterocycles. The third-order valence-corrected chi connectivity index (χ3v) is 8.79. The Morgan fingerprint density at radius 3 is 1.80 bits per heavy atom. The summed E-state index contributed by atoms with van der Waals surface area (Å²) < 4.78 is 2.42. The summed E-state index contributed by atoms with van der Waals surface area (Å²) in [6.07, 6.45) is -0.371. The summed E-state index contributed by atoms with van der Waals surface area (Å²) in [6.45, 7) is 0. The molecule has 4 heteroatoms. The first kappa shape index (κ1) is 25.5. The first-order chi connectivity index (χ1) is 22.3. The molecule has 0 spiro atoms. The maximum atomic E-state index is 5.10. The molecule has 0 atom stereocenters. The van der Waals surface area contributed by atoms with Gasteiger partial charge in [-0.15, -0.1) is 0 Å². The molecule has 0 saturated carbocycles. The van der Waals surface area contributed by atoms with E-state index in [0.29, 0.717) is 0 Å². The van der Waals surface area contributed by atoms with E-state index in [9.17, 15) is 0 Å². The number of benzene rings is 7. The fourth-order valence-corrected chi connectivity index (χ4v) is 6.64. The van der Waals surface area contributed by atoms with Crippen molar-refractivity contribution in [1.82, 2.24) is 9.88 Å². The van der Waals surface area contributed by atoms with E-state index in [-0.39, 0.29) is 6.17 Å². The summed E-state index contributed by atoms with van der Waals surface area (Å²) in [4.78, 5) is 10.2. The van der Waals surface area contributed by atoms with E-state index in [1.54, 1.807) is 0 Å². The van der Waals surface area contributed by atoms with Gasteiger partial charge in [0.25, 0.3) is 0 Å². The van der Waals surface area contributed by atoms with Gasteiger partial charge in [0.1, 0.15) is 11.7 Å². The lowest BCUT2D eigenvalue weighted by Crippen LogP contribution is -2.35. The number of nitrogens with one attached hydrogen (secondary N) is 1. The van der Waals surface area contributed by atoms with Crippen LogP contribution in [-0.4, -0.2) is 16.2 Å². The van der Waals surface area contributed by atoms with Crippen LogP contribution in [0.25, 0.3) is 49.0 Å². The Bertz CT molecular complexity index is 2400. The lowest BCUT2D eigenvalue weighted by Gasteiger charge is -2.22. The second-order valence-electron chi connectivity index (χ2n) is 11.5. The highest BCUT2D eigenvalue weighted by Crippen LogP contribution is 2.37. The van der Waals surface area contributed by atoms with Crippen molar-refractivity contribution in [3.8, 4) is 5.69 Å². The van der Waals surface area contributed by atoms with Crippen LogP contribution in [0.5, 0.6) is 0 Å². The lowest BCUT2D eigenvalue weighted by molar-refractivity contribution is 0.757. The fraction of sp³-hybridized carbons (Fsp3) is 0.0244. The molecule has 0 fully saturated rings. The van der Waals surface area contributed by atoms with Crippen molar-refractivity contribution in [2.75, 3.05) is 0 Å². The quantitative estimate of drug-likeness (QED) is 0.223. The number of aliphatic imine (C=N–C) groups is 2. The second kappa shape index (κ2) is 10.3. The van der Waals surface area contributed by atoms with Crippen LogP contribution < -0.4 is 5.32 Å². The average molecular weight is 577 g/mol. The monoisotopic (exact) mass is 576 g/mol. The summed E-state index contributed by atoms with van der Waals surface area (Å²) in [5.74, 6) is 1.64. The van der Waals surface area contributed by atoms with Crippen molar-refractivity contribution in [3.63, 3.8) is 0 Å². The van der Waals surface area contributed by atoms with Crippen LogP contribution >= 0.6 is 0 Å². The van der Waals surface area contributed by atoms with Crippen LogP contribution in [0.4, 0.5) is 0 Å². The molecule has 4 nitrogen and oxygen atoms in total. The molecule has 45 heavy (non-hydrogen) atoms. The fourth-order valence-electron chi connectivity index (χ4n) is 6.64. The maximum Gasteiger partial charge on any atom is 0.169 e. The summed E-state index contributed by atoms with van der Waals surface area (Å²) >= 11 is 0. The lowest BCUT2D eigenvalue weighted by atomic mass is 10.0. The maximum absolute atomic E-state index is 5.10. The number of fused-ring (bicyclic) bond motifs is 5. The average Bonchev–Trinajstić information content (AvgIpc) is 3.43. The second-order valence-corrected chi connectivity index (χ2v) is 11.5. The Hall–Kier alpha value is -6.00. The van der Waals surface area contributed by atoms with Gasteiger partial charge in [-0.25, -0.2) is 9.98 Å². The zero-order valence-corrected chi connectivity index (χ0v) is 24.4. The standard InChI is InChI=1S/C41H28N4/c1-3-12-27(13-4-1)39-42-40(28-14-5-2-6-15-28)44-41(43-39)32-22-23-33-31(24-32)18-11-21-36(33)45-37-20-10-9-19-34(37)35-25-29-16-7-8-17-30(29)26-38(35)45/h1-26,41H,(H,42,43,44). The number of amidine groups is 2. The van der Waals surface area contributed by atoms with E-state index >= 15 is 0 Å². The van der Waals surface area contributed by atoms with Gasteiger partial charge in [-0.3, -0.25) is 0 Å². The van der Waals surface area contributed by atoms with Gasteiger partial charge < -0.3 is 9.88 Å². The van der Waals surface area contributed by atoms with Gasteiger partial charge in [0, 0.05) is 27.3 Å². The Morgan fingerprint density at radius 1 is 0.444 bits per heavy atom. The van der Waals surface area contributed by atoms with Crippen molar-refractivity contribution in [1.29, 1.82) is 0 Å². The smallest absolute Gasteiger partial charge is 0.169 e. The van der Waals surface area contributed by atoms with Crippen molar-refractivity contribution < 1.29 is 0 Å². The third kappa shape index (κ3) is 4.30. The van der Waals surface area contributed by atoms with Crippen LogP contribution in [0.1, 0.15) is 22.9 Å². The normalized spacial score (nSPS) is 13.7. The molecule has 1 N–H and O–H groups in total. The molecule has 212 valence electrons. The summed E-state index contributed by atoms with van der Waals surface area (Å²) in [6, 6.07) is 55.7. The number of para-hydroxylation sites is 1. The van der Waals surface area contributed by atoms with Crippen LogP contribution in [0, 0.1) is 0 Å². The summed E-state index contributed by atoms with van der Waals surface area (Å²) in [7, 11) is 0. The van der Waals surface area contributed by atoms with E-state index < -0.39 is 0 Å². The molecule has 0 saturated heterocycles. The van der Waals surface area contributed by atoms with Crippen molar-refractivity contribution in [2.24, 2.45) is 9.98 Å². The summed E-state index contributed by atoms with van der Waals surface area (Å²) in [5.41, 5.74) is 6.69. The van der Waals surface area contributed by atoms with Crippen LogP contribution in [0.3, 0.4) is 0 Å². The molecule has 0 aliphatic carbocycles. The van der Waals surface area contributed by atoms with Gasteiger partial charge in [0.15, 0.2) is 6.17 Å². The summed E-state index contributed by atoms with van der Waals surface area (Å²) in [5, 5.41) is 10.8. The topological polar surface area (TPSA) is 41.7 Å². The SMILES string of the molecule is c1ccc(C2=NC(c3ccc4c(-n5c6ccccc6c6cc7ccccc7cc65)cccc4c3)N=C(c3ccccc3)N2)cc1. The van der Waals surface area contributed by atoms with E-state index in [4.69, 9.17) is 9.98 Å². The number of hydrogen-bond donors (Lipinski definition) is 1. The van der Waals surface area contributed by atoms with Gasteiger partial charge >= 0.3 is 0 Å². The van der Waals surface area contributed by atoms with E-state index in [1.807, 2.05) is 36.4 Å². The van der Waals surface area contributed by atoms with Crippen molar-refractivity contribution >= 4 is 55.0 Å². The Balaban J connectivity index is 1.22. The number of rotatable bonds is 4. The molecule has 0 amide bonds. The minimum atomic E-state index is -0.371. The zero-order valence-electron chi connectivity index (χ0n) is 24.4. The van der Waals surface area contributed by atoms with Gasteiger partial charge in [-0.2, -0.15) is 0 Å². The Labute approximate surface area is 260 Å².